The minimum atomic E-state index is -1.76. The van der Waals surface area contributed by atoms with E-state index in [-0.39, 0.29) is 0 Å². The topological polar surface area (TPSA) is 22.1 Å². The van der Waals surface area contributed by atoms with Crippen LogP contribution < -0.4 is 0 Å². The molecule has 160 valence electrons. The van der Waals surface area contributed by atoms with E-state index < -0.39 is 8.07 Å². The van der Waals surface area contributed by atoms with Crippen molar-refractivity contribution in [3.05, 3.63) is 47.3 Å². The number of methoxy groups -OCH3 is 1. The molecule has 3 heteroatoms. The molecule has 0 radical (unpaired) electrons. The van der Waals surface area contributed by atoms with Gasteiger partial charge in [0.05, 0.1) is 6.61 Å². The van der Waals surface area contributed by atoms with E-state index in [1.54, 1.807) is 7.11 Å². The van der Waals surface area contributed by atoms with Crippen LogP contribution in [-0.2, 0) is 4.74 Å². The molecule has 0 N–H and O–H groups in total. The fourth-order valence-corrected chi connectivity index (χ4v) is 9.90. The molecule has 1 heterocycles. The van der Waals surface area contributed by atoms with Gasteiger partial charge in [-0.2, -0.15) is 0 Å². The van der Waals surface area contributed by atoms with Crippen LogP contribution in [0.4, 0.5) is 0 Å². The highest BCUT2D eigenvalue weighted by Crippen LogP contribution is 2.41. The van der Waals surface area contributed by atoms with Crippen LogP contribution in [0.15, 0.2) is 41.7 Å². The summed E-state index contributed by atoms with van der Waals surface area (Å²) < 4.78 is 5.36. The number of aromatic nitrogens is 1. The van der Waals surface area contributed by atoms with Gasteiger partial charge in [-0.1, -0.05) is 73.5 Å². The number of allylic oxidation sites excluding steroid dienone is 3. The van der Waals surface area contributed by atoms with Crippen LogP contribution in [0.3, 0.4) is 0 Å². The fraction of sp³-hybridized carbons (Fsp3) is 0.577. The van der Waals surface area contributed by atoms with Gasteiger partial charge in [0.15, 0.2) is 0 Å². The molecule has 1 aromatic heterocycles. The summed E-state index contributed by atoms with van der Waals surface area (Å²) in [5.74, 6) is 3.72. The smallest absolute Gasteiger partial charge is 0.146 e. The summed E-state index contributed by atoms with van der Waals surface area (Å²) in [4.78, 5) is 4.34. The number of hydrogen-bond donors (Lipinski definition) is 0. The van der Waals surface area contributed by atoms with Crippen LogP contribution in [0.2, 0.25) is 16.6 Å². The van der Waals surface area contributed by atoms with E-state index in [1.807, 2.05) is 18.5 Å². The van der Waals surface area contributed by atoms with E-state index in [2.05, 4.69) is 84.0 Å². The number of ether oxygens (including phenoxy) is 1. The summed E-state index contributed by atoms with van der Waals surface area (Å²) in [6.07, 6.45) is 7.82. The van der Waals surface area contributed by atoms with Crippen molar-refractivity contribution >= 4 is 13.6 Å². The zero-order valence-corrected chi connectivity index (χ0v) is 21.1. The van der Waals surface area contributed by atoms with Gasteiger partial charge in [-0.3, -0.25) is 4.98 Å². The number of hydrogen-bond acceptors (Lipinski definition) is 2. The first-order valence-corrected chi connectivity index (χ1v) is 13.3. The minimum Gasteiger partial charge on any atom is -0.381 e. The Kier molecular flexibility index (Phi) is 10.6. The second-order valence-electron chi connectivity index (χ2n) is 8.63. The van der Waals surface area contributed by atoms with Crippen LogP contribution in [0.1, 0.15) is 73.8 Å². The van der Waals surface area contributed by atoms with Crippen LogP contribution in [0, 0.1) is 11.5 Å². The quantitative estimate of drug-likeness (QED) is 0.239. The maximum Gasteiger partial charge on any atom is 0.146 e. The average molecular weight is 412 g/mol. The van der Waals surface area contributed by atoms with Gasteiger partial charge in [0.1, 0.15) is 8.07 Å². The largest absolute Gasteiger partial charge is 0.381 e. The normalized spacial score (nSPS) is 13.6. The lowest BCUT2D eigenvalue weighted by Crippen LogP contribution is -2.43. The highest BCUT2D eigenvalue weighted by atomic mass is 28.3. The maximum atomic E-state index is 5.36. The first-order chi connectivity index (χ1) is 13.8. The van der Waals surface area contributed by atoms with Crippen molar-refractivity contribution in [1.82, 2.24) is 4.98 Å². The molecule has 0 spiro atoms. The highest BCUT2D eigenvalue weighted by Gasteiger charge is 2.41. The van der Waals surface area contributed by atoms with E-state index in [4.69, 9.17) is 4.74 Å². The van der Waals surface area contributed by atoms with Crippen molar-refractivity contribution in [2.45, 2.75) is 84.9 Å². The summed E-state index contributed by atoms with van der Waals surface area (Å²) in [7, 11) is -0.0193. The summed E-state index contributed by atoms with van der Waals surface area (Å²) in [5.41, 5.74) is 10.8. The van der Waals surface area contributed by atoms with Gasteiger partial charge >= 0.3 is 0 Å². The molecule has 0 bridgehead atoms. The van der Waals surface area contributed by atoms with Gasteiger partial charge in [-0.15, -0.1) is 5.54 Å². The zero-order valence-electron chi connectivity index (χ0n) is 20.1. The molecule has 0 saturated carbocycles. The standard InChI is InChI=1S/C26H41NOSi/c1-10-23(15-18-29(20(3)4,21(5)6)22(7)8)25(11-2)26(14-17-28-9)24-13-12-16-27-19-24/h12-14,16,19-22H,10-11,17H2,1-9H3/b25-23-,26-14+. The Morgan fingerprint density at radius 1 is 1.07 bits per heavy atom. The Balaban J connectivity index is 3.65. The van der Waals surface area contributed by atoms with Crippen LogP contribution in [-0.4, -0.2) is 26.8 Å². The van der Waals surface area contributed by atoms with Crippen molar-refractivity contribution < 1.29 is 4.74 Å². The molecular formula is C26H41NOSi. The molecule has 0 atom stereocenters. The minimum absolute atomic E-state index is 0.584. The molecule has 0 aromatic carbocycles. The number of pyridine rings is 1. The molecule has 0 aliphatic rings. The second-order valence-corrected chi connectivity index (χ2v) is 14.2. The lowest BCUT2D eigenvalue weighted by atomic mass is 9.91. The van der Waals surface area contributed by atoms with Crippen molar-refractivity contribution in [3.8, 4) is 11.5 Å². The lowest BCUT2D eigenvalue weighted by molar-refractivity contribution is 0.234. The van der Waals surface area contributed by atoms with Gasteiger partial charge in [-0.25, -0.2) is 0 Å². The molecule has 1 rings (SSSR count). The molecule has 0 aliphatic heterocycles. The van der Waals surface area contributed by atoms with E-state index in [0.29, 0.717) is 23.2 Å². The Hall–Kier alpha value is -1.63. The molecule has 0 fully saturated rings. The molecule has 0 amide bonds. The molecule has 0 saturated heterocycles. The number of rotatable bonds is 9. The van der Waals surface area contributed by atoms with E-state index >= 15 is 0 Å². The molecule has 1 aromatic rings. The van der Waals surface area contributed by atoms with E-state index in [9.17, 15) is 0 Å². The predicted octanol–water partition coefficient (Wildman–Crippen LogP) is 7.45. The van der Waals surface area contributed by atoms with E-state index in [0.717, 1.165) is 18.4 Å². The van der Waals surface area contributed by atoms with Crippen molar-refractivity contribution in [2.75, 3.05) is 13.7 Å². The summed E-state index contributed by atoms with van der Waals surface area (Å²) >= 11 is 0. The first kappa shape index (κ1) is 25.4. The van der Waals surface area contributed by atoms with Crippen LogP contribution in [0.5, 0.6) is 0 Å². The molecule has 29 heavy (non-hydrogen) atoms. The third-order valence-electron chi connectivity index (χ3n) is 6.12. The van der Waals surface area contributed by atoms with Crippen molar-refractivity contribution in [3.63, 3.8) is 0 Å². The Bertz CT molecular complexity index is 726. The van der Waals surface area contributed by atoms with Gasteiger partial charge in [-0.05, 0) is 46.7 Å². The Morgan fingerprint density at radius 2 is 1.69 bits per heavy atom. The van der Waals surface area contributed by atoms with Crippen LogP contribution in [0.25, 0.3) is 5.57 Å². The zero-order chi connectivity index (χ0) is 22.0. The van der Waals surface area contributed by atoms with E-state index in [1.165, 1.54) is 16.7 Å². The first-order valence-electron chi connectivity index (χ1n) is 11.1. The summed E-state index contributed by atoms with van der Waals surface area (Å²) in [6, 6.07) is 4.12. The molecular weight excluding hydrogens is 370 g/mol. The lowest BCUT2D eigenvalue weighted by Gasteiger charge is -2.38. The third-order valence-corrected chi connectivity index (χ3v) is 12.4. The number of nitrogens with zero attached hydrogens (tertiary/aromatic N) is 1. The SMILES string of the molecule is CC/C(C#C[Si](C(C)C)(C(C)C)C(C)C)=C(CC)/C(=C/COC)c1cccnc1. The monoisotopic (exact) mass is 411 g/mol. The second kappa shape index (κ2) is 12.2. The van der Waals surface area contributed by atoms with Crippen molar-refractivity contribution in [2.24, 2.45) is 0 Å². The maximum absolute atomic E-state index is 5.36. The molecule has 2 nitrogen and oxygen atoms in total. The van der Waals surface area contributed by atoms with Crippen molar-refractivity contribution in [1.29, 1.82) is 0 Å². The van der Waals surface area contributed by atoms with Crippen LogP contribution >= 0.6 is 0 Å². The summed E-state index contributed by atoms with van der Waals surface area (Å²) in [6.45, 7) is 19.3. The third kappa shape index (κ3) is 6.17. The van der Waals surface area contributed by atoms with Gasteiger partial charge < -0.3 is 4.74 Å². The van der Waals surface area contributed by atoms with Gasteiger partial charge in [0.25, 0.3) is 0 Å². The summed E-state index contributed by atoms with van der Waals surface area (Å²) in [5, 5.41) is 0. The average Bonchev–Trinajstić information content (AvgIpc) is 2.69. The Labute approximate surface area is 180 Å². The van der Waals surface area contributed by atoms with Gasteiger partial charge in [0, 0.05) is 30.6 Å². The fourth-order valence-electron chi connectivity index (χ4n) is 4.66. The molecule has 0 aliphatic carbocycles. The predicted molar refractivity (Wildman–Crippen MR) is 131 cm³/mol. The van der Waals surface area contributed by atoms with Gasteiger partial charge in [0.2, 0.25) is 0 Å². The Morgan fingerprint density at radius 3 is 2.10 bits per heavy atom. The highest BCUT2D eigenvalue weighted by molar-refractivity contribution is 6.90. The molecule has 0 unspecified atom stereocenters.